The van der Waals surface area contributed by atoms with E-state index >= 15 is 0 Å². The highest BCUT2D eigenvalue weighted by atomic mass is 35.5. The molecule has 1 N–H and O–H groups in total. The van der Waals surface area contributed by atoms with E-state index in [2.05, 4.69) is 10.3 Å². The number of benzene rings is 2. The smallest absolute Gasteiger partial charge is 0.321 e. The minimum Gasteiger partial charge on any atom is -0.493 e. The number of likely N-dealkylation sites (tertiary alicyclic amines) is 1. The number of para-hydroxylation sites is 2. The van der Waals surface area contributed by atoms with Gasteiger partial charge in [0.25, 0.3) is 5.19 Å². The number of halogens is 1. The molecule has 7 nitrogen and oxygen atoms in total. The molecule has 1 aliphatic rings. The molecule has 4 rings (SSSR count). The Bertz CT molecular complexity index is 1050. The van der Waals surface area contributed by atoms with Gasteiger partial charge in [-0.05, 0) is 24.3 Å². The van der Waals surface area contributed by atoms with Crippen molar-refractivity contribution in [1.29, 1.82) is 0 Å². The van der Waals surface area contributed by atoms with Gasteiger partial charge in [0.2, 0.25) is 0 Å². The van der Waals surface area contributed by atoms with Crippen molar-refractivity contribution in [2.24, 2.45) is 0 Å². The molecule has 0 aliphatic carbocycles. The number of hydrogen-bond acceptors (Lipinski definition) is 6. The first kappa shape index (κ1) is 20.6. The minimum absolute atomic E-state index is 0.0137. The van der Waals surface area contributed by atoms with Crippen LogP contribution in [-0.4, -0.2) is 49.3 Å². The lowest BCUT2D eigenvalue weighted by Crippen LogP contribution is -2.43. The second-order valence-corrected chi connectivity index (χ2v) is 8.24. The van der Waals surface area contributed by atoms with Gasteiger partial charge in [0, 0.05) is 25.9 Å². The van der Waals surface area contributed by atoms with Crippen molar-refractivity contribution >= 4 is 44.9 Å². The maximum Gasteiger partial charge on any atom is 0.321 e. The summed E-state index contributed by atoms with van der Waals surface area (Å²) in [5, 5.41) is 4.15. The van der Waals surface area contributed by atoms with Crippen LogP contribution in [0.4, 0.5) is 10.5 Å². The Morgan fingerprint density at radius 2 is 1.93 bits per heavy atom. The van der Waals surface area contributed by atoms with E-state index in [4.69, 9.17) is 25.8 Å². The summed E-state index contributed by atoms with van der Waals surface area (Å²) in [4.78, 5) is 19.0. The van der Waals surface area contributed by atoms with Crippen molar-refractivity contribution in [2.75, 3.05) is 32.6 Å². The molecule has 2 aromatic carbocycles. The van der Waals surface area contributed by atoms with Gasteiger partial charge in [-0.25, -0.2) is 9.78 Å². The second-order valence-electron chi connectivity index (χ2n) is 6.84. The topological polar surface area (TPSA) is 72.9 Å². The number of nitrogens with one attached hydrogen (secondary N) is 1. The summed E-state index contributed by atoms with van der Waals surface area (Å²) in [7, 11) is 3.11. The summed E-state index contributed by atoms with van der Waals surface area (Å²) >= 11 is 7.68. The highest BCUT2D eigenvalue weighted by Gasteiger charge is 2.26. The molecule has 30 heavy (non-hydrogen) atoms. The van der Waals surface area contributed by atoms with Gasteiger partial charge in [0.05, 0.1) is 29.6 Å². The van der Waals surface area contributed by atoms with E-state index in [1.165, 1.54) is 11.3 Å². The van der Waals surface area contributed by atoms with E-state index < -0.39 is 0 Å². The maximum absolute atomic E-state index is 12.7. The molecule has 0 saturated carbocycles. The monoisotopic (exact) mass is 447 g/mol. The lowest BCUT2D eigenvalue weighted by Gasteiger charge is -2.31. The van der Waals surface area contributed by atoms with Crippen molar-refractivity contribution in [1.82, 2.24) is 9.88 Å². The lowest BCUT2D eigenvalue weighted by molar-refractivity contribution is 0.115. The van der Waals surface area contributed by atoms with Crippen LogP contribution in [0, 0.1) is 0 Å². The van der Waals surface area contributed by atoms with Crippen molar-refractivity contribution in [3.8, 4) is 16.7 Å². The quantitative estimate of drug-likeness (QED) is 0.593. The number of rotatable bonds is 5. The van der Waals surface area contributed by atoms with E-state index in [1.807, 2.05) is 18.2 Å². The number of aromatic nitrogens is 1. The van der Waals surface area contributed by atoms with Crippen LogP contribution in [0.2, 0.25) is 5.02 Å². The first-order valence-electron chi connectivity index (χ1n) is 9.57. The standard InChI is InChI=1S/C21H22ClN3O4S/c1-27-16-7-4-6-15(19(16)28-2)23-20(26)25-11-9-13(10-12-25)29-21-24-18-14(22)5-3-8-17(18)30-21/h3-8,13H,9-12H2,1-2H3,(H,23,26). The number of ether oxygens (including phenoxy) is 3. The van der Waals surface area contributed by atoms with Crippen LogP contribution >= 0.6 is 22.9 Å². The van der Waals surface area contributed by atoms with Crippen LogP contribution in [-0.2, 0) is 0 Å². The van der Waals surface area contributed by atoms with Crippen LogP contribution in [0.25, 0.3) is 10.2 Å². The Labute approximate surface area is 183 Å². The fraction of sp³-hybridized carbons (Fsp3) is 0.333. The number of carbonyl (C=O) groups is 1. The Balaban J connectivity index is 1.35. The van der Waals surface area contributed by atoms with E-state index in [9.17, 15) is 4.79 Å². The number of piperidine rings is 1. The zero-order chi connectivity index (χ0) is 21.1. The summed E-state index contributed by atoms with van der Waals surface area (Å²) in [6.45, 7) is 1.18. The van der Waals surface area contributed by atoms with Crippen molar-refractivity contribution in [3.05, 3.63) is 41.4 Å². The Kier molecular flexibility index (Phi) is 6.15. The number of fused-ring (bicyclic) bond motifs is 1. The number of methoxy groups -OCH3 is 2. The van der Waals surface area contributed by atoms with E-state index in [-0.39, 0.29) is 12.1 Å². The molecule has 0 radical (unpaired) electrons. The fourth-order valence-electron chi connectivity index (χ4n) is 3.44. The first-order valence-corrected chi connectivity index (χ1v) is 10.8. The first-order chi connectivity index (χ1) is 14.6. The highest BCUT2D eigenvalue weighted by Crippen LogP contribution is 2.35. The number of nitrogens with zero attached hydrogens (tertiary/aromatic N) is 2. The summed E-state index contributed by atoms with van der Waals surface area (Å²) in [6.07, 6.45) is 1.47. The van der Waals surface area contributed by atoms with Gasteiger partial charge in [-0.3, -0.25) is 0 Å². The summed E-state index contributed by atoms with van der Waals surface area (Å²) in [5.41, 5.74) is 1.34. The molecule has 2 amide bonds. The molecule has 0 unspecified atom stereocenters. The average molecular weight is 448 g/mol. The zero-order valence-electron chi connectivity index (χ0n) is 16.7. The zero-order valence-corrected chi connectivity index (χ0v) is 18.3. The normalized spacial score (nSPS) is 14.6. The van der Waals surface area contributed by atoms with Gasteiger partial charge in [0.1, 0.15) is 11.6 Å². The number of thiazole rings is 1. The number of urea groups is 1. The fourth-order valence-corrected chi connectivity index (χ4v) is 4.63. The molecule has 1 fully saturated rings. The van der Waals surface area contributed by atoms with Crippen molar-refractivity contribution < 1.29 is 19.0 Å². The van der Waals surface area contributed by atoms with Crippen molar-refractivity contribution in [2.45, 2.75) is 18.9 Å². The molecule has 3 aromatic rings. The predicted molar refractivity (Wildman–Crippen MR) is 118 cm³/mol. The van der Waals surface area contributed by atoms with Gasteiger partial charge in [-0.1, -0.05) is 35.1 Å². The van der Waals surface area contributed by atoms with Crippen LogP contribution in [0.3, 0.4) is 0 Å². The Morgan fingerprint density at radius 3 is 2.63 bits per heavy atom. The molecule has 1 aliphatic heterocycles. The van der Waals surface area contributed by atoms with Gasteiger partial charge < -0.3 is 24.4 Å². The van der Waals surface area contributed by atoms with Crippen LogP contribution in [0.5, 0.6) is 16.7 Å². The van der Waals surface area contributed by atoms with Gasteiger partial charge in [-0.2, -0.15) is 0 Å². The van der Waals surface area contributed by atoms with Gasteiger partial charge in [-0.15, -0.1) is 0 Å². The second kappa shape index (κ2) is 8.97. The molecule has 158 valence electrons. The largest absolute Gasteiger partial charge is 0.493 e. The molecule has 2 heterocycles. The van der Waals surface area contributed by atoms with E-state index in [0.717, 1.165) is 23.1 Å². The highest BCUT2D eigenvalue weighted by molar-refractivity contribution is 7.20. The molecule has 1 aromatic heterocycles. The lowest BCUT2D eigenvalue weighted by atomic mass is 10.1. The SMILES string of the molecule is COc1cccc(NC(=O)N2CCC(Oc3nc4c(Cl)cccc4s3)CC2)c1OC. The minimum atomic E-state index is -0.174. The van der Waals surface area contributed by atoms with Crippen molar-refractivity contribution in [3.63, 3.8) is 0 Å². The van der Waals surface area contributed by atoms with Gasteiger partial charge >= 0.3 is 6.03 Å². The molecule has 0 bridgehead atoms. The third-order valence-corrected chi connectivity index (χ3v) is 6.21. The number of hydrogen-bond donors (Lipinski definition) is 1. The summed E-state index contributed by atoms with van der Waals surface area (Å²) in [5.74, 6) is 1.07. The molecule has 0 atom stereocenters. The third kappa shape index (κ3) is 4.24. The van der Waals surface area contributed by atoms with Gasteiger partial charge in [0.15, 0.2) is 11.5 Å². The van der Waals surface area contributed by atoms with E-state index in [0.29, 0.717) is 40.5 Å². The third-order valence-electron chi connectivity index (χ3n) is 4.99. The van der Waals surface area contributed by atoms with Crippen LogP contribution < -0.4 is 19.5 Å². The van der Waals surface area contributed by atoms with Crippen LogP contribution in [0.15, 0.2) is 36.4 Å². The van der Waals surface area contributed by atoms with E-state index in [1.54, 1.807) is 37.3 Å². The van der Waals surface area contributed by atoms with Crippen LogP contribution in [0.1, 0.15) is 12.8 Å². The maximum atomic E-state index is 12.7. The number of carbonyl (C=O) groups excluding carboxylic acids is 1. The Morgan fingerprint density at radius 1 is 1.17 bits per heavy atom. The summed E-state index contributed by atoms with van der Waals surface area (Å²) in [6, 6.07) is 10.9. The molecular weight excluding hydrogens is 426 g/mol. The molecule has 1 saturated heterocycles. The summed E-state index contributed by atoms with van der Waals surface area (Å²) < 4.78 is 17.7. The number of amides is 2. The molecular formula is C21H22ClN3O4S. The number of anilines is 1. The average Bonchev–Trinajstić information content (AvgIpc) is 3.18. The Hall–Kier alpha value is -2.71. The predicted octanol–water partition coefficient (Wildman–Crippen LogP) is 5.04. The molecule has 9 heteroatoms. The molecule has 0 spiro atoms.